The van der Waals surface area contributed by atoms with Gasteiger partial charge in [-0.25, -0.2) is 13.8 Å². The van der Waals surface area contributed by atoms with Gasteiger partial charge in [0.1, 0.15) is 5.82 Å². The highest BCUT2D eigenvalue weighted by molar-refractivity contribution is 5.79. The Labute approximate surface area is 146 Å². The Kier molecular flexibility index (Phi) is 7.19. The molecule has 0 aliphatic carbocycles. The van der Waals surface area contributed by atoms with E-state index in [1.54, 1.807) is 18.2 Å². The number of nitrogens with one attached hydrogen (secondary N) is 2. The lowest BCUT2D eigenvalue weighted by molar-refractivity contribution is 0.321. The summed E-state index contributed by atoms with van der Waals surface area (Å²) in [6.45, 7) is 5.64. The van der Waals surface area contributed by atoms with E-state index in [1.165, 1.54) is 18.2 Å². The lowest BCUT2D eigenvalue weighted by Crippen LogP contribution is -2.36. The molecule has 0 amide bonds. The highest BCUT2D eigenvalue weighted by atomic mass is 19.1. The van der Waals surface area contributed by atoms with Crippen LogP contribution in [0.4, 0.5) is 8.78 Å². The number of hydrogen-bond acceptors (Lipinski definition) is 2. The highest BCUT2D eigenvalue weighted by Crippen LogP contribution is 2.18. The number of hydrogen-bond donors (Lipinski definition) is 2. The first-order chi connectivity index (χ1) is 12.1. The average molecular weight is 347 g/mol. The monoisotopic (exact) mass is 347 g/mol. The molecule has 0 atom stereocenters. The molecule has 2 aromatic rings. The first-order valence-corrected chi connectivity index (χ1v) is 8.30. The SMILES string of the molecule is CCNC(=NCc1cccc(F)c1)NCc1ccc(OCC)c(F)c1. The van der Waals surface area contributed by atoms with Crippen molar-refractivity contribution in [3.05, 3.63) is 65.2 Å². The second-order valence-electron chi connectivity index (χ2n) is 5.38. The molecule has 0 saturated carbocycles. The summed E-state index contributed by atoms with van der Waals surface area (Å²) in [7, 11) is 0. The van der Waals surface area contributed by atoms with Crippen molar-refractivity contribution in [3.8, 4) is 5.75 Å². The maximum Gasteiger partial charge on any atom is 0.191 e. The molecule has 25 heavy (non-hydrogen) atoms. The summed E-state index contributed by atoms with van der Waals surface area (Å²) in [6, 6.07) is 11.2. The molecule has 0 aromatic heterocycles. The Bertz CT molecular complexity index is 720. The molecule has 2 N–H and O–H groups in total. The zero-order valence-corrected chi connectivity index (χ0v) is 14.5. The molecule has 2 aromatic carbocycles. The van der Waals surface area contributed by atoms with Gasteiger partial charge in [-0.05, 0) is 49.2 Å². The van der Waals surface area contributed by atoms with Gasteiger partial charge in [0.2, 0.25) is 0 Å². The van der Waals surface area contributed by atoms with Crippen LogP contribution in [0, 0.1) is 11.6 Å². The molecule has 0 bridgehead atoms. The molecule has 0 radical (unpaired) electrons. The van der Waals surface area contributed by atoms with Gasteiger partial charge in [0.25, 0.3) is 0 Å². The van der Waals surface area contributed by atoms with Crippen LogP contribution in [0.15, 0.2) is 47.5 Å². The predicted molar refractivity (Wildman–Crippen MR) is 95.6 cm³/mol. The highest BCUT2D eigenvalue weighted by Gasteiger charge is 2.05. The van der Waals surface area contributed by atoms with E-state index in [0.717, 1.165) is 11.1 Å². The molecular formula is C19H23F2N3O. The normalized spacial score (nSPS) is 11.3. The van der Waals surface area contributed by atoms with E-state index in [-0.39, 0.29) is 17.4 Å². The molecule has 6 heteroatoms. The topological polar surface area (TPSA) is 45.7 Å². The van der Waals surface area contributed by atoms with E-state index in [9.17, 15) is 8.78 Å². The summed E-state index contributed by atoms with van der Waals surface area (Å²) >= 11 is 0. The largest absolute Gasteiger partial charge is 0.491 e. The summed E-state index contributed by atoms with van der Waals surface area (Å²) in [5, 5.41) is 6.25. The van der Waals surface area contributed by atoms with Gasteiger partial charge >= 0.3 is 0 Å². The van der Waals surface area contributed by atoms with Gasteiger partial charge in [-0.15, -0.1) is 0 Å². The quantitative estimate of drug-likeness (QED) is 0.594. The Morgan fingerprint density at radius 3 is 2.56 bits per heavy atom. The molecule has 0 spiro atoms. The van der Waals surface area contributed by atoms with Crippen LogP contribution < -0.4 is 15.4 Å². The van der Waals surface area contributed by atoms with E-state index in [2.05, 4.69) is 15.6 Å². The van der Waals surface area contributed by atoms with Gasteiger partial charge in [0, 0.05) is 13.1 Å². The molecule has 4 nitrogen and oxygen atoms in total. The molecule has 0 unspecified atom stereocenters. The van der Waals surface area contributed by atoms with E-state index in [0.29, 0.717) is 32.2 Å². The molecule has 0 aliphatic rings. The van der Waals surface area contributed by atoms with Crippen LogP contribution in [-0.2, 0) is 13.1 Å². The Hall–Kier alpha value is -2.63. The maximum atomic E-state index is 13.9. The number of rotatable bonds is 7. The molecule has 2 rings (SSSR count). The molecular weight excluding hydrogens is 324 g/mol. The van der Waals surface area contributed by atoms with Gasteiger partial charge in [-0.1, -0.05) is 18.2 Å². The van der Waals surface area contributed by atoms with E-state index < -0.39 is 0 Å². The third-order valence-corrected chi connectivity index (χ3v) is 3.41. The van der Waals surface area contributed by atoms with Crippen molar-refractivity contribution in [2.24, 2.45) is 4.99 Å². The fraction of sp³-hybridized carbons (Fsp3) is 0.316. The van der Waals surface area contributed by atoms with Gasteiger partial charge in [0.15, 0.2) is 17.5 Å². The van der Waals surface area contributed by atoms with Crippen LogP contribution >= 0.6 is 0 Å². The van der Waals surface area contributed by atoms with Crippen LogP contribution in [0.25, 0.3) is 0 Å². The zero-order chi connectivity index (χ0) is 18.1. The molecule has 134 valence electrons. The molecule has 0 heterocycles. The summed E-state index contributed by atoms with van der Waals surface area (Å²) in [4.78, 5) is 4.42. The van der Waals surface area contributed by atoms with Crippen molar-refractivity contribution in [3.63, 3.8) is 0 Å². The minimum Gasteiger partial charge on any atom is -0.491 e. The summed E-state index contributed by atoms with van der Waals surface area (Å²) in [6.07, 6.45) is 0. The minimum atomic E-state index is -0.386. The third kappa shape index (κ3) is 6.06. The maximum absolute atomic E-state index is 13.9. The molecule has 0 aliphatic heterocycles. The summed E-state index contributed by atoms with van der Waals surface area (Å²) in [5.41, 5.74) is 1.56. The predicted octanol–water partition coefficient (Wildman–Crippen LogP) is 3.62. The second kappa shape index (κ2) is 9.61. The molecule has 0 saturated heterocycles. The lowest BCUT2D eigenvalue weighted by atomic mass is 10.2. The van der Waals surface area contributed by atoms with E-state index >= 15 is 0 Å². The smallest absolute Gasteiger partial charge is 0.191 e. The Balaban J connectivity index is 1.99. The first kappa shape index (κ1) is 18.7. The van der Waals surface area contributed by atoms with Gasteiger partial charge in [-0.2, -0.15) is 0 Å². The first-order valence-electron chi connectivity index (χ1n) is 8.30. The van der Waals surface area contributed by atoms with Crippen LogP contribution in [0.1, 0.15) is 25.0 Å². The van der Waals surface area contributed by atoms with Crippen molar-refractivity contribution >= 4 is 5.96 Å². The van der Waals surface area contributed by atoms with Crippen molar-refractivity contribution < 1.29 is 13.5 Å². The van der Waals surface area contributed by atoms with E-state index in [1.807, 2.05) is 19.9 Å². The van der Waals surface area contributed by atoms with Crippen LogP contribution in [-0.4, -0.2) is 19.1 Å². The zero-order valence-electron chi connectivity index (χ0n) is 14.5. The number of ether oxygens (including phenoxy) is 1. The fourth-order valence-electron chi connectivity index (χ4n) is 2.26. The van der Waals surface area contributed by atoms with E-state index in [4.69, 9.17) is 4.74 Å². The van der Waals surface area contributed by atoms with Crippen molar-refractivity contribution in [1.82, 2.24) is 10.6 Å². The van der Waals surface area contributed by atoms with Gasteiger partial charge < -0.3 is 15.4 Å². The van der Waals surface area contributed by atoms with Crippen molar-refractivity contribution in [2.45, 2.75) is 26.9 Å². The van der Waals surface area contributed by atoms with Crippen LogP contribution in [0.3, 0.4) is 0 Å². The number of aliphatic imine (C=N–C) groups is 1. The summed E-state index contributed by atoms with van der Waals surface area (Å²) in [5.74, 6) is 0.164. The number of guanidine groups is 1. The standard InChI is InChI=1S/C19H23F2N3O/c1-3-22-19(23-12-14-6-5-7-16(20)10-14)24-13-15-8-9-18(25-4-2)17(21)11-15/h5-11H,3-4,12-13H2,1-2H3,(H2,22,23,24). The van der Waals surface area contributed by atoms with Crippen LogP contribution in [0.5, 0.6) is 5.75 Å². The third-order valence-electron chi connectivity index (χ3n) is 3.41. The minimum absolute atomic E-state index is 0.248. The second-order valence-corrected chi connectivity index (χ2v) is 5.38. The number of halogens is 2. The average Bonchev–Trinajstić information content (AvgIpc) is 2.60. The lowest BCUT2D eigenvalue weighted by Gasteiger charge is -2.12. The van der Waals surface area contributed by atoms with Crippen LogP contribution in [0.2, 0.25) is 0 Å². The van der Waals surface area contributed by atoms with Crippen molar-refractivity contribution in [2.75, 3.05) is 13.2 Å². The Morgan fingerprint density at radius 1 is 1.04 bits per heavy atom. The fourth-order valence-corrected chi connectivity index (χ4v) is 2.26. The molecule has 0 fully saturated rings. The number of nitrogens with zero attached hydrogens (tertiary/aromatic N) is 1. The van der Waals surface area contributed by atoms with Gasteiger partial charge in [-0.3, -0.25) is 0 Å². The number of benzene rings is 2. The van der Waals surface area contributed by atoms with Gasteiger partial charge in [0.05, 0.1) is 13.2 Å². The Morgan fingerprint density at radius 2 is 1.88 bits per heavy atom. The van der Waals surface area contributed by atoms with Crippen molar-refractivity contribution in [1.29, 1.82) is 0 Å². The summed E-state index contributed by atoms with van der Waals surface area (Å²) < 4.78 is 32.3.